The van der Waals surface area contributed by atoms with E-state index in [-0.39, 0.29) is 30.2 Å². The van der Waals surface area contributed by atoms with E-state index in [4.69, 9.17) is 14.0 Å². The zero-order valence-electron chi connectivity index (χ0n) is 15.7. The highest BCUT2D eigenvalue weighted by Gasteiger charge is 2.52. The number of carbonyl (C=O) groups excluding carboxylic acids is 1. The second-order valence-corrected chi connectivity index (χ2v) is 8.73. The molecule has 0 aromatic carbocycles. The lowest BCUT2D eigenvalue weighted by Crippen LogP contribution is -2.41. The summed E-state index contributed by atoms with van der Waals surface area (Å²) in [5.41, 5.74) is 0.0848. The summed E-state index contributed by atoms with van der Waals surface area (Å²) in [6.07, 6.45) is 5.56. The van der Waals surface area contributed by atoms with Crippen molar-refractivity contribution < 1.29 is 18.8 Å². The van der Waals surface area contributed by atoms with Gasteiger partial charge in [0.2, 0.25) is 0 Å². The van der Waals surface area contributed by atoms with E-state index in [0.29, 0.717) is 6.42 Å². The molecule has 1 heterocycles. The number of esters is 1. The van der Waals surface area contributed by atoms with Crippen LogP contribution in [0.15, 0.2) is 11.5 Å². The van der Waals surface area contributed by atoms with E-state index in [1.165, 1.54) is 0 Å². The van der Waals surface area contributed by atoms with Gasteiger partial charge >= 0.3 is 13.1 Å². The summed E-state index contributed by atoms with van der Waals surface area (Å²) >= 11 is 0. The minimum atomic E-state index is -0.429. The average Bonchev–Trinajstić information content (AvgIpc) is 2.55. The number of hydrogen-bond acceptors (Lipinski definition) is 4. The summed E-state index contributed by atoms with van der Waals surface area (Å²) in [6, 6.07) is 0. The third-order valence-electron chi connectivity index (χ3n) is 4.98. The molecule has 0 saturated carbocycles. The van der Waals surface area contributed by atoms with Gasteiger partial charge in [-0.15, -0.1) is 0 Å². The second-order valence-electron chi connectivity index (χ2n) is 8.73. The average molecular weight is 322 g/mol. The van der Waals surface area contributed by atoms with Gasteiger partial charge in [0.25, 0.3) is 0 Å². The number of hydrogen-bond donors (Lipinski definition) is 0. The predicted molar refractivity (Wildman–Crippen MR) is 92.0 cm³/mol. The van der Waals surface area contributed by atoms with E-state index in [2.05, 4.69) is 33.8 Å². The fourth-order valence-corrected chi connectivity index (χ4v) is 2.87. The Hall–Kier alpha value is -0.805. The molecule has 1 unspecified atom stereocenters. The lowest BCUT2D eigenvalue weighted by atomic mass is 9.75. The van der Waals surface area contributed by atoms with Crippen molar-refractivity contribution in [3.8, 4) is 0 Å². The summed E-state index contributed by atoms with van der Waals surface area (Å²) in [6.45, 7) is 14.0. The highest BCUT2D eigenvalue weighted by molar-refractivity contribution is 6.54. The van der Waals surface area contributed by atoms with Crippen LogP contribution in [0.2, 0.25) is 0 Å². The van der Waals surface area contributed by atoms with E-state index >= 15 is 0 Å². The van der Waals surface area contributed by atoms with Crippen LogP contribution in [0.4, 0.5) is 0 Å². The minimum Gasteiger partial charge on any atom is -0.460 e. The van der Waals surface area contributed by atoms with Gasteiger partial charge < -0.3 is 14.0 Å². The molecule has 5 heteroatoms. The highest BCUT2D eigenvalue weighted by atomic mass is 16.7. The summed E-state index contributed by atoms with van der Waals surface area (Å²) in [4.78, 5) is 12.3. The number of rotatable bonds is 2. The predicted octanol–water partition coefficient (Wildman–Crippen LogP) is 4.08. The van der Waals surface area contributed by atoms with Crippen LogP contribution in [0.5, 0.6) is 0 Å². The number of carbonyl (C=O) groups is 1. The van der Waals surface area contributed by atoms with Crippen LogP contribution in [0.1, 0.15) is 74.1 Å². The normalized spacial score (nSPS) is 27.3. The smallest absolute Gasteiger partial charge is 0.460 e. The molecule has 130 valence electrons. The first-order valence-corrected chi connectivity index (χ1v) is 8.69. The first kappa shape index (κ1) is 18.5. The van der Waals surface area contributed by atoms with Gasteiger partial charge in [-0.1, -0.05) is 6.08 Å². The van der Waals surface area contributed by atoms with Crippen LogP contribution in [-0.2, 0) is 18.8 Å². The molecule has 1 aliphatic carbocycles. The third kappa shape index (κ3) is 4.39. The third-order valence-corrected chi connectivity index (χ3v) is 4.98. The highest BCUT2D eigenvalue weighted by Crippen LogP contribution is 2.40. The van der Waals surface area contributed by atoms with Gasteiger partial charge in [0.1, 0.15) is 5.60 Å². The molecule has 4 nitrogen and oxygen atoms in total. The lowest BCUT2D eigenvalue weighted by molar-refractivity contribution is -0.160. The molecule has 1 atom stereocenters. The maximum absolute atomic E-state index is 12.3. The van der Waals surface area contributed by atoms with E-state index in [9.17, 15) is 4.79 Å². The van der Waals surface area contributed by atoms with Crippen LogP contribution >= 0.6 is 0 Å². The summed E-state index contributed by atoms with van der Waals surface area (Å²) in [5, 5.41) is 0. The Labute approximate surface area is 141 Å². The molecule has 23 heavy (non-hydrogen) atoms. The van der Waals surface area contributed by atoms with Crippen molar-refractivity contribution in [1.29, 1.82) is 0 Å². The quantitative estimate of drug-likeness (QED) is 0.568. The molecular weight excluding hydrogens is 291 g/mol. The van der Waals surface area contributed by atoms with Crippen LogP contribution in [-0.4, -0.2) is 29.9 Å². The molecule has 0 spiro atoms. The van der Waals surface area contributed by atoms with Crippen molar-refractivity contribution in [1.82, 2.24) is 0 Å². The summed E-state index contributed by atoms with van der Waals surface area (Å²) in [5.74, 6) is -0.155. The van der Waals surface area contributed by atoms with Crippen molar-refractivity contribution >= 4 is 13.1 Å². The number of ether oxygens (including phenoxy) is 1. The van der Waals surface area contributed by atoms with E-state index in [1.807, 2.05) is 20.8 Å². The summed E-state index contributed by atoms with van der Waals surface area (Å²) < 4.78 is 17.8. The lowest BCUT2D eigenvalue weighted by Gasteiger charge is -2.32. The molecule has 0 aromatic rings. The van der Waals surface area contributed by atoms with Crippen molar-refractivity contribution in [3.63, 3.8) is 0 Å². The van der Waals surface area contributed by atoms with E-state index < -0.39 is 5.60 Å². The van der Waals surface area contributed by atoms with Gasteiger partial charge in [-0.3, -0.25) is 4.79 Å². The van der Waals surface area contributed by atoms with Crippen LogP contribution in [0.25, 0.3) is 0 Å². The SMILES string of the molecule is CC(C)(C)OC(=O)C1CC=C(B2OC(C)(C)C(C)(C)O2)CCC1. The first-order valence-electron chi connectivity index (χ1n) is 8.69. The van der Waals surface area contributed by atoms with Gasteiger partial charge in [0.15, 0.2) is 0 Å². The molecule has 0 aromatic heterocycles. The molecule has 0 bridgehead atoms. The second kappa shape index (κ2) is 6.25. The Balaban J connectivity index is 2.03. The topological polar surface area (TPSA) is 44.8 Å². The molecule has 1 saturated heterocycles. The van der Waals surface area contributed by atoms with Gasteiger partial charge in [-0.25, -0.2) is 0 Å². The molecule has 0 amide bonds. The van der Waals surface area contributed by atoms with Gasteiger partial charge in [0, 0.05) is 0 Å². The fourth-order valence-electron chi connectivity index (χ4n) is 2.87. The van der Waals surface area contributed by atoms with Gasteiger partial charge in [-0.2, -0.15) is 0 Å². The van der Waals surface area contributed by atoms with Crippen molar-refractivity contribution in [2.45, 2.75) is 91.0 Å². The van der Waals surface area contributed by atoms with E-state index in [1.54, 1.807) is 0 Å². The van der Waals surface area contributed by atoms with E-state index in [0.717, 1.165) is 24.7 Å². The largest absolute Gasteiger partial charge is 0.490 e. The summed E-state index contributed by atoms with van der Waals surface area (Å²) in [7, 11) is -0.294. The molecular formula is C18H31BO4. The van der Waals surface area contributed by atoms with Crippen LogP contribution in [0.3, 0.4) is 0 Å². The minimum absolute atomic E-state index is 0.0610. The molecule has 2 aliphatic rings. The maximum Gasteiger partial charge on any atom is 0.490 e. The van der Waals surface area contributed by atoms with Crippen molar-refractivity contribution in [3.05, 3.63) is 11.5 Å². The zero-order valence-corrected chi connectivity index (χ0v) is 15.7. The molecule has 2 rings (SSSR count). The number of allylic oxidation sites excluding steroid dienone is 2. The standard InChI is InChI=1S/C18H31BO4/c1-16(2,3)21-15(20)13-9-8-10-14(12-11-13)19-22-17(4,5)18(6,7)23-19/h12-13H,8-11H2,1-7H3. The zero-order chi connectivity index (χ0) is 17.5. The molecule has 1 aliphatic heterocycles. The first-order chi connectivity index (χ1) is 10.4. The van der Waals surface area contributed by atoms with Gasteiger partial charge in [-0.05, 0) is 79.6 Å². The van der Waals surface area contributed by atoms with Gasteiger partial charge in [0.05, 0.1) is 17.1 Å². The molecule has 0 radical (unpaired) electrons. The Bertz CT molecular complexity index is 472. The fraction of sp³-hybridized carbons (Fsp3) is 0.833. The molecule has 1 fully saturated rings. The van der Waals surface area contributed by atoms with Crippen molar-refractivity contribution in [2.24, 2.45) is 5.92 Å². The Morgan fingerprint density at radius 1 is 1.22 bits per heavy atom. The van der Waals surface area contributed by atoms with Crippen LogP contribution < -0.4 is 0 Å². The molecule has 0 N–H and O–H groups in total. The van der Waals surface area contributed by atoms with Crippen molar-refractivity contribution in [2.75, 3.05) is 0 Å². The maximum atomic E-state index is 12.3. The van der Waals surface area contributed by atoms with Crippen LogP contribution in [0, 0.1) is 5.92 Å². The Morgan fingerprint density at radius 3 is 2.30 bits per heavy atom. The Morgan fingerprint density at radius 2 is 1.78 bits per heavy atom. The monoisotopic (exact) mass is 322 g/mol. The Kier molecular flexibility index (Phi) is 5.03.